The number of hydrogen-bond donors (Lipinski definition) is 1. The molecular formula is C10H9F6N. The summed E-state index contributed by atoms with van der Waals surface area (Å²) in [7, 11) is 0. The van der Waals surface area contributed by atoms with Gasteiger partial charge in [0, 0.05) is 5.69 Å². The Kier molecular flexibility index (Phi) is 3.59. The first-order valence-electron chi connectivity index (χ1n) is 4.59. The quantitative estimate of drug-likeness (QED) is 0.636. The van der Waals surface area contributed by atoms with Gasteiger partial charge in [0.1, 0.15) is 0 Å². The van der Waals surface area contributed by atoms with Crippen molar-refractivity contribution in [2.75, 3.05) is 5.73 Å². The molecule has 0 saturated carbocycles. The molecule has 2 N–H and O–H groups in total. The van der Waals surface area contributed by atoms with Crippen LogP contribution in [0.3, 0.4) is 0 Å². The van der Waals surface area contributed by atoms with Gasteiger partial charge in [-0.25, -0.2) is 0 Å². The Morgan fingerprint density at radius 3 is 1.82 bits per heavy atom. The molecule has 0 atom stereocenters. The predicted molar refractivity (Wildman–Crippen MR) is 50.2 cm³/mol. The second-order valence-corrected chi connectivity index (χ2v) is 3.54. The minimum Gasteiger partial charge on any atom is -0.399 e. The maximum atomic E-state index is 12.3. The summed E-state index contributed by atoms with van der Waals surface area (Å²) in [5, 5.41) is 0. The lowest BCUT2D eigenvalue weighted by Gasteiger charge is -2.23. The molecule has 0 radical (unpaired) electrons. The Morgan fingerprint density at radius 1 is 0.941 bits per heavy atom. The minimum absolute atomic E-state index is 0.0778. The fraction of sp³-hybridized carbons (Fsp3) is 0.400. The van der Waals surface area contributed by atoms with Crippen molar-refractivity contribution in [1.29, 1.82) is 0 Å². The largest absolute Gasteiger partial charge is 0.400 e. The fourth-order valence-electron chi connectivity index (χ4n) is 1.36. The van der Waals surface area contributed by atoms with Gasteiger partial charge in [-0.3, -0.25) is 0 Å². The summed E-state index contributed by atoms with van der Waals surface area (Å²) in [5.41, 5.74) is 5.08. The SMILES string of the molecule is Nc1ccccc1CC(C(F)(F)F)C(F)(F)F. The molecule has 1 rings (SSSR count). The van der Waals surface area contributed by atoms with Gasteiger partial charge in [0.2, 0.25) is 0 Å². The molecule has 0 saturated heterocycles. The molecule has 0 heterocycles. The van der Waals surface area contributed by atoms with E-state index >= 15 is 0 Å². The van der Waals surface area contributed by atoms with Crippen molar-refractivity contribution >= 4 is 5.69 Å². The molecule has 0 aliphatic heterocycles. The molecule has 0 bridgehead atoms. The van der Waals surface area contributed by atoms with Gasteiger partial charge in [0.15, 0.2) is 5.92 Å². The lowest BCUT2D eigenvalue weighted by molar-refractivity contribution is -0.283. The Labute approximate surface area is 93.2 Å². The summed E-state index contributed by atoms with van der Waals surface area (Å²) in [6.45, 7) is 0. The molecule has 96 valence electrons. The van der Waals surface area contributed by atoms with Crippen molar-refractivity contribution in [1.82, 2.24) is 0 Å². The second kappa shape index (κ2) is 4.46. The molecule has 7 heteroatoms. The van der Waals surface area contributed by atoms with E-state index in [1.807, 2.05) is 0 Å². The molecule has 1 nitrogen and oxygen atoms in total. The summed E-state index contributed by atoms with van der Waals surface area (Å²) >= 11 is 0. The number of anilines is 1. The van der Waals surface area contributed by atoms with Crippen LogP contribution < -0.4 is 5.73 Å². The number of halogens is 6. The van der Waals surface area contributed by atoms with E-state index in [1.165, 1.54) is 18.2 Å². The van der Waals surface area contributed by atoms with E-state index in [4.69, 9.17) is 5.73 Å². The molecule has 0 unspecified atom stereocenters. The van der Waals surface area contributed by atoms with Gasteiger partial charge in [-0.2, -0.15) is 26.3 Å². The van der Waals surface area contributed by atoms with E-state index in [0.717, 1.165) is 6.07 Å². The summed E-state index contributed by atoms with van der Waals surface area (Å²) in [4.78, 5) is 0. The average molecular weight is 257 g/mol. The van der Waals surface area contributed by atoms with Crippen LogP contribution in [0.5, 0.6) is 0 Å². The zero-order chi connectivity index (χ0) is 13.3. The summed E-state index contributed by atoms with van der Waals surface area (Å²) < 4.78 is 73.6. The van der Waals surface area contributed by atoms with Gasteiger partial charge < -0.3 is 5.73 Å². The van der Waals surface area contributed by atoms with E-state index in [2.05, 4.69) is 0 Å². The third kappa shape index (κ3) is 3.54. The van der Waals surface area contributed by atoms with Crippen LogP contribution in [0.4, 0.5) is 32.0 Å². The Morgan fingerprint density at radius 2 is 1.41 bits per heavy atom. The molecule has 1 aromatic rings. The fourth-order valence-corrected chi connectivity index (χ4v) is 1.36. The standard InChI is InChI=1S/C10H9F6N/c11-9(12,13)8(10(14,15)16)5-6-3-1-2-4-7(6)17/h1-4,8H,5,17H2. The molecule has 0 fully saturated rings. The predicted octanol–water partition coefficient (Wildman–Crippen LogP) is 3.55. The zero-order valence-corrected chi connectivity index (χ0v) is 8.44. The molecule has 0 spiro atoms. The molecule has 17 heavy (non-hydrogen) atoms. The van der Waals surface area contributed by atoms with E-state index in [0.29, 0.717) is 0 Å². The highest BCUT2D eigenvalue weighted by atomic mass is 19.4. The normalized spacial score (nSPS) is 13.1. The van der Waals surface area contributed by atoms with Crippen molar-refractivity contribution in [2.45, 2.75) is 18.8 Å². The van der Waals surface area contributed by atoms with E-state index in [1.54, 1.807) is 0 Å². The van der Waals surface area contributed by atoms with Crippen molar-refractivity contribution in [3.8, 4) is 0 Å². The highest BCUT2D eigenvalue weighted by Gasteiger charge is 2.56. The number of nitrogen functional groups attached to an aromatic ring is 1. The number of rotatable bonds is 2. The highest BCUT2D eigenvalue weighted by Crippen LogP contribution is 2.41. The van der Waals surface area contributed by atoms with Crippen molar-refractivity contribution < 1.29 is 26.3 Å². The molecule has 0 aliphatic carbocycles. The third-order valence-corrected chi connectivity index (χ3v) is 2.27. The smallest absolute Gasteiger partial charge is 0.399 e. The van der Waals surface area contributed by atoms with Crippen LogP contribution in [0, 0.1) is 5.92 Å². The first-order chi connectivity index (χ1) is 7.62. The maximum Gasteiger partial charge on any atom is 0.400 e. The van der Waals surface area contributed by atoms with E-state index < -0.39 is 24.7 Å². The van der Waals surface area contributed by atoms with Gasteiger partial charge in [0.25, 0.3) is 0 Å². The molecular weight excluding hydrogens is 248 g/mol. The lowest BCUT2D eigenvalue weighted by atomic mass is 9.97. The number of para-hydroxylation sites is 1. The maximum absolute atomic E-state index is 12.3. The Balaban J connectivity index is 3.00. The monoisotopic (exact) mass is 257 g/mol. The molecule has 1 aromatic carbocycles. The number of alkyl halides is 6. The number of hydrogen-bond acceptors (Lipinski definition) is 1. The lowest BCUT2D eigenvalue weighted by Crippen LogP contribution is -2.38. The van der Waals surface area contributed by atoms with Crippen LogP contribution in [0.1, 0.15) is 5.56 Å². The Hall–Kier alpha value is -1.40. The van der Waals surface area contributed by atoms with Crippen molar-refractivity contribution in [3.63, 3.8) is 0 Å². The minimum atomic E-state index is -5.33. The summed E-state index contributed by atoms with van der Waals surface area (Å²) in [5.74, 6) is -3.39. The Bertz CT molecular complexity index is 367. The second-order valence-electron chi connectivity index (χ2n) is 3.54. The van der Waals surface area contributed by atoms with E-state index in [9.17, 15) is 26.3 Å². The van der Waals surface area contributed by atoms with Crippen LogP contribution in [0.15, 0.2) is 24.3 Å². The number of benzene rings is 1. The van der Waals surface area contributed by atoms with Crippen LogP contribution in [0.25, 0.3) is 0 Å². The topological polar surface area (TPSA) is 26.0 Å². The van der Waals surface area contributed by atoms with Crippen LogP contribution in [-0.2, 0) is 6.42 Å². The van der Waals surface area contributed by atoms with Gasteiger partial charge in [0.05, 0.1) is 0 Å². The van der Waals surface area contributed by atoms with Gasteiger partial charge in [-0.1, -0.05) is 18.2 Å². The van der Waals surface area contributed by atoms with Gasteiger partial charge in [-0.05, 0) is 18.1 Å². The van der Waals surface area contributed by atoms with E-state index in [-0.39, 0.29) is 11.3 Å². The first-order valence-corrected chi connectivity index (χ1v) is 4.59. The molecule has 0 aromatic heterocycles. The first kappa shape index (κ1) is 13.7. The average Bonchev–Trinajstić information content (AvgIpc) is 2.12. The summed E-state index contributed by atoms with van der Waals surface area (Å²) in [6.07, 6.45) is -11.9. The molecule has 0 amide bonds. The van der Waals surface area contributed by atoms with Crippen LogP contribution in [0.2, 0.25) is 0 Å². The van der Waals surface area contributed by atoms with Gasteiger partial charge in [-0.15, -0.1) is 0 Å². The van der Waals surface area contributed by atoms with Crippen LogP contribution >= 0.6 is 0 Å². The zero-order valence-electron chi connectivity index (χ0n) is 8.44. The van der Waals surface area contributed by atoms with Gasteiger partial charge >= 0.3 is 12.4 Å². The highest BCUT2D eigenvalue weighted by molar-refractivity contribution is 5.46. The summed E-state index contributed by atoms with van der Waals surface area (Å²) in [6, 6.07) is 5.20. The number of nitrogens with two attached hydrogens (primary N) is 1. The molecule has 0 aliphatic rings. The van der Waals surface area contributed by atoms with Crippen molar-refractivity contribution in [3.05, 3.63) is 29.8 Å². The third-order valence-electron chi connectivity index (χ3n) is 2.27. The van der Waals surface area contributed by atoms with Crippen LogP contribution in [-0.4, -0.2) is 12.4 Å². The van der Waals surface area contributed by atoms with Crippen molar-refractivity contribution in [2.24, 2.45) is 5.92 Å².